The third-order valence-corrected chi connectivity index (χ3v) is 5.06. The lowest BCUT2D eigenvalue weighted by Gasteiger charge is -2.29. The fourth-order valence-electron chi connectivity index (χ4n) is 3.50. The molecule has 0 atom stereocenters. The van der Waals surface area contributed by atoms with E-state index in [-0.39, 0.29) is 6.09 Å². The van der Waals surface area contributed by atoms with Gasteiger partial charge in [0.2, 0.25) is 0 Å². The molecule has 1 aromatic carbocycles. The number of amides is 1. The Balaban J connectivity index is 1.39. The Labute approximate surface area is 145 Å². The molecule has 0 spiro atoms. The summed E-state index contributed by atoms with van der Waals surface area (Å²) in [7, 11) is 0. The minimum Gasteiger partial charge on any atom is -0.445 e. The Morgan fingerprint density at radius 2 is 1.58 bits per heavy atom. The highest BCUT2D eigenvalue weighted by Gasteiger charge is 2.23. The highest BCUT2D eigenvalue weighted by atomic mass is 16.6. The SMILES string of the molecule is O=C(OCc1ccccc1)N1CCC(C#CC2CCCCC2)CC1. The molecule has 2 aliphatic rings. The summed E-state index contributed by atoms with van der Waals surface area (Å²) in [6.45, 7) is 1.87. The number of piperidine rings is 1. The van der Waals surface area contributed by atoms with Crippen LogP contribution < -0.4 is 0 Å². The first-order valence-electron chi connectivity index (χ1n) is 9.28. The molecule has 3 nitrogen and oxygen atoms in total. The van der Waals surface area contributed by atoms with Gasteiger partial charge in [0.15, 0.2) is 0 Å². The topological polar surface area (TPSA) is 29.5 Å². The summed E-state index contributed by atoms with van der Waals surface area (Å²) >= 11 is 0. The summed E-state index contributed by atoms with van der Waals surface area (Å²) in [5.41, 5.74) is 1.03. The summed E-state index contributed by atoms with van der Waals surface area (Å²) in [4.78, 5) is 14.0. The van der Waals surface area contributed by atoms with Crippen LogP contribution in [0.1, 0.15) is 50.5 Å². The summed E-state index contributed by atoms with van der Waals surface area (Å²) in [6.07, 6.45) is 8.35. The van der Waals surface area contributed by atoms with Crippen molar-refractivity contribution in [2.24, 2.45) is 11.8 Å². The molecule has 24 heavy (non-hydrogen) atoms. The minimum absolute atomic E-state index is 0.197. The number of hydrogen-bond acceptors (Lipinski definition) is 2. The van der Waals surface area contributed by atoms with Crippen molar-refractivity contribution in [1.29, 1.82) is 0 Å². The third-order valence-electron chi connectivity index (χ3n) is 5.06. The van der Waals surface area contributed by atoms with Gasteiger partial charge in [0.05, 0.1) is 0 Å². The number of ether oxygens (including phenoxy) is 1. The second-order valence-corrected chi connectivity index (χ2v) is 6.93. The molecule has 2 fully saturated rings. The van der Waals surface area contributed by atoms with Crippen LogP contribution in [0, 0.1) is 23.7 Å². The van der Waals surface area contributed by atoms with E-state index in [1.165, 1.54) is 32.1 Å². The van der Waals surface area contributed by atoms with Gasteiger partial charge >= 0.3 is 6.09 Å². The van der Waals surface area contributed by atoms with Crippen LogP contribution in [0.4, 0.5) is 4.79 Å². The first kappa shape index (κ1) is 16.9. The summed E-state index contributed by atoms with van der Waals surface area (Å²) < 4.78 is 5.41. The van der Waals surface area contributed by atoms with E-state index in [1.54, 1.807) is 0 Å². The van der Waals surface area contributed by atoms with Gasteiger partial charge < -0.3 is 9.64 Å². The molecule has 1 amide bonds. The lowest BCUT2D eigenvalue weighted by Crippen LogP contribution is -2.38. The van der Waals surface area contributed by atoms with E-state index < -0.39 is 0 Å². The molecule has 1 heterocycles. The zero-order chi connectivity index (χ0) is 16.6. The molecule has 1 saturated heterocycles. The van der Waals surface area contributed by atoms with Gasteiger partial charge in [0.1, 0.15) is 6.61 Å². The van der Waals surface area contributed by atoms with Gasteiger partial charge in [-0.1, -0.05) is 61.4 Å². The molecule has 1 aromatic rings. The molecule has 0 N–H and O–H groups in total. The smallest absolute Gasteiger partial charge is 0.410 e. The molecule has 1 saturated carbocycles. The average Bonchev–Trinajstić information content (AvgIpc) is 2.66. The molecule has 1 aliphatic heterocycles. The van der Waals surface area contributed by atoms with Crippen molar-refractivity contribution >= 4 is 6.09 Å². The molecular weight excluding hydrogens is 298 g/mol. The quantitative estimate of drug-likeness (QED) is 0.743. The van der Waals surface area contributed by atoms with Crippen LogP contribution in [0.15, 0.2) is 30.3 Å². The van der Waals surface area contributed by atoms with Crippen LogP contribution in [0.2, 0.25) is 0 Å². The standard InChI is InChI=1S/C21H27NO2/c23-21(24-17-20-9-5-2-6-10-20)22-15-13-19(14-16-22)12-11-18-7-3-1-4-8-18/h2,5-6,9-10,18-19H,1,3-4,7-8,13-17H2. The maximum atomic E-state index is 12.2. The van der Waals surface area contributed by atoms with E-state index in [0.717, 1.165) is 31.5 Å². The van der Waals surface area contributed by atoms with Crippen LogP contribution in [-0.4, -0.2) is 24.1 Å². The monoisotopic (exact) mass is 325 g/mol. The normalized spacial score (nSPS) is 19.4. The molecule has 1 aliphatic carbocycles. The first-order valence-corrected chi connectivity index (χ1v) is 9.28. The number of hydrogen-bond donors (Lipinski definition) is 0. The second-order valence-electron chi connectivity index (χ2n) is 6.93. The van der Waals surface area contributed by atoms with E-state index >= 15 is 0 Å². The average molecular weight is 325 g/mol. The Bertz CT molecular complexity index is 573. The van der Waals surface area contributed by atoms with Crippen molar-refractivity contribution in [3.8, 4) is 11.8 Å². The van der Waals surface area contributed by atoms with Crippen LogP contribution in [-0.2, 0) is 11.3 Å². The number of rotatable bonds is 2. The van der Waals surface area contributed by atoms with E-state index in [1.807, 2.05) is 35.2 Å². The molecule has 128 valence electrons. The van der Waals surface area contributed by atoms with E-state index in [9.17, 15) is 4.79 Å². The van der Waals surface area contributed by atoms with Crippen molar-refractivity contribution in [2.45, 2.75) is 51.6 Å². The number of likely N-dealkylation sites (tertiary alicyclic amines) is 1. The van der Waals surface area contributed by atoms with Crippen LogP contribution >= 0.6 is 0 Å². The molecule has 0 bridgehead atoms. The minimum atomic E-state index is -0.197. The van der Waals surface area contributed by atoms with E-state index in [0.29, 0.717) is 18.4 Å². The van der Waals surface area contributed by atoms with Crippen molar-refractivity contribution < 1.29 is 9.53 Å². The second kappa shape index (κ2) is 8.78. The predicted molar refractivity (Wildman–Crippen MR) is 95.3 cm³/mol. The van der Waals surface area contributed by atoms with E-state index in [2.05, 4.69) is 11.8 Å². The van der Waals surface area contributed by atoms with Crippen molar-refractivity contribution in [3.63, 3.8) is 0 Å². The van der Waals surface area contributed by atoms with Crippen molar-refractivity contribution in [1.82, 2.24) is 4.90 Å². The molecule has 0 unspecified atom stereocenters. The first-order chi connectivity index (χ1) is 11.8. The van der Waals surface area contributed by atoms with Gasteiger partial charge in [0, 0.05) is 24.9 Å². The summed E-state index contributed by atoms with van der Waals surface area (Å²) in [5, 5.41) is 0. The lowest BCUT2D eigenvalue weighted by molar-refractivity contribution is 0.0859. The third kappa shape index (κ3) is 5.03. The number of carbonyl (C=O) groups is 1. The fraction of sp³-hybridized carbons (Fsp3) is 0.571. The molecule has 3 rings (SSSR count). The molecular formula is C21H27NO2. The Morgan fingerprint density at radius 3 is 2.25 bits per heavy atom. The van der Waals surface area contributed by atoms with Gasteiger partial charge in [-0.05, 0) is 31.2 Å². The van der Waals surface area contributed by atoms with Gasteiger partial charge in [0.25, 0.3) is 0 Å². The van der Waals surface area contributed by atoms with Crippen LogP contribution in [0.3, 0.4) is 0 Å². The highest BCUT2D eigenvalue weighted by Crippen LogP contribution is 2.24. The van der Waals surface area contributed by atoms with Crippen LogP contribution in [0.5, 0.6) is 0 Å². The summed E-state index contributed by atoms with van der Waals surface area (Å²) in [5.74, 6) is 8.04. The van der Waals surface area contributed by atoms with Crippen molar-refractivity contribution in [3.05, 3.63) is 35.9 Å². The molecule has 3 heteroatoms. The van der Waals surface area contributed by atoms with Gasteiger partial charge in [-0.2, -0.15) is 0 Å². The van der Waals surface area contributed by atoms with Gasteiger partial charge in [-0.3, -0.25) is 0 Å². The number of benzene rings is 1. The van der Waals surface area contributed by atoms with Crippen LogP contribution in [0.25, 0.3) is 0 Å². The predicted octanol–water partition coefficient (Wildman–Crippen LogP) is 4.62. The molecule has 0 aromatic heterocycles. The fourth-order valence-corrected chi connectivity index (χ4v) is 3.50. The number of nitrogens with zero attached hydrogens (tertiary/aromatic N) is 1. The molecule has 0 radical (unpaired) electrons. The van der Waals surface area contributed by atoms with Gasteiger partial charge in [-0.15, -0.1) is 0 Å². The maximum absolute atomic E-state index is 12.2. The largest absolute Gasteiger partial charge is 0.445 e. The Kier molecular flexibility index (Phi) is 6.18. The Morgan fingerprint density at radius 1 is 0.958 bits per heavy atom. The zero-order valence-electron chi connectivity index (χ0n) is 14.4. The van der Waals surface area contributed by atoms with E-state index in [4.69, 9.17) is 4.74 Å². The zero-order valence-corrected chi connectivity index (χ0v) is 14.4. The summed E-state index contributed by atoms with van der Waals surface area (Å²) in [6, 6.07) is 9.82. The van der Waals surface area contributed by atoms with Crippen molar-refractivity contribution in [2.75, 3.05) is 13.1 Å². The highest BCUT2D eigenvalue weighted by molar-refractivity contribution is 5.67. The van der Waals surface area contributed by atoms with Gasteiger partial charge in [-0.25, -0.2) is 4.79 Å². The Hall–Kier alpha value is -1.95. The lowest BCUT2D eigenvalue weighted by atomic mass is 9.88. The maximum Gasteiger partial charge on any atom is 0.410 e. The number of carbonyl (C=O) groups excluding carboxylic acids is 1.